The molecule has 0 fully saturated rings. The number of hydrogen-bond acceptors (Lipinski definition) is 2. The molecule has 0 saturated carbocycles. The van der Waals surface area contributed by atoms with Crippen molar-refractivity contribution in [2.75, 3.05) is 0 Å². The van der Waals surface area contributed by atoms with Gasteiger partial charge in [0.25, 0.3) is 0 Å². The van der Waals surface area contributed by atoms with E-state index in [0.29, 0.717) is 5.56 Å². The molecule has 106 valence electrons. The minimum atomic E-state index is -4.69. The van der Waals surface area contributed by atoms with Crippen LogP contribution in [0.4, 0.5) is 13.2 Å². The predicted octanol–water partition coefficient (Wildman–Crippen LogP) is 4.13. The maximum atomic E-state index is 12.0. The van der Waals surface area contributed by atoms with Gasteiger partial charge in [-0.3, -0.25) is 4.79 Å². The third-order valence-electron chi connectivity index (χ3n) is 2.98. The molecule has 0 bridgehead atoms. The number of carbonyl (C=O) groups excluding carboxylic acids is 1. The molecule has 0 unspecified atom stereocenters. The number of hydrogen-bond donors (Lipinski definition) is 0. The van der Waals surface area contributed by atoms with Gasteiger partial charge >= 0.3 is 6.36 Å². The molecule has 19 heavy (non-hydrogen) atoms. The van der Waals surface area contributed by atoms with E-state index >= 15 is 0 Å². The highest BCUT2D eigenvalue weighted by Gasteiger charge is 2.30. The third-order valence-corrected chi connectivity index (χ3v) is 2.98. The van der Waals surface area contributed by atoms with E-state index in [2.05, 4.69) is 4.74 Å². The summed E-state index contributed by atoms with van der Waals surface area (Å²) in [6, 6.07) is 5.43. The second kappa shape index (κ2) is 6.59. The highest BCUT2D eigenvalue weighted by molar-refractivity contribution is 5.83. The lowest BCUT2D eigenvalue weighted by Gasteiger charge is -2.12. The van der Waals surface area contributed by atoms with Gasteiger partial charge in [0.05, 0.1) is 0 Å². The van der Waals surface area contributed by atoms with Crippen molar-refractivity contribution in [1.29, 1.82) is 0 Å². The molecule has 1 aromatic carbocycles. The Morgan fingerprint density at radius 2 is 1.68 bits per heavy atom. The standard InChI is InChI=1S/C14H17F3O2/c1-3-11(4-2)13(18)9-10-5-7-12(8-6-10)19-14(15,16)17/h5-8,11H,3-4,9H2,1-2H3. The van der Waals surface area contributed by atoms with E-state index in [4.69, 9.17) is 0 Å². The molecule has 1 rings (SSSR count). The van der Waals surface area contributed by atoms with Crippen molar-refractivity contribution < 1.29 is 22.7 Å². The first-order chi connectivity index (χ1) is 8.85. The Morgan fingerprint density at radius 3 is 2.11 bits per heavy atom. The molecule has 0 spiro atoms. The summed E-state index contributed by atoms with van der Waals surface area (Å²) in [5, 5.41) is 0. The number of alkyl halides is 3. The summed E-state index contributed by atoms with van der Waals surface area (Å²) in [6.07, 6.45) is -2.87. The van der Waals surface area contributed by atoms with Gasteiger partial charge in [0.1, 0.15) is 11.5 Å². The highest BCUT2D eigenvalue weighted by Crippen LogP contribution is 2.23. The fraction of sp³-hybridized carbons (Fsp3) is 0.500. The second-order valence-corrected chi connectivity index (χ2v) is 4.35. The molecule has 5 heteroatoms. The van der Waals surface area contributed by atoms with Crippen LogP contribution in [-0.2, 0) is 11.2 Å². The summed E-state index contributed by atoms with van der Waals surface area (Å²) < 4.78 is 39.7. The van der Waals surface area contributed by atoms with Crippen LogP contribution in [0.3, 0.4) is 0 Å². The monoisotopic (exact) mass is 274 g/mol. The molecule has 0 radical (unpaired) electrons. The van der Waals surface area contributed by atoms with E-state index in [1.807, 2.05) is 13.8 Å². The van der Waals surface area contributed by atoms with E-state index in [9.17, 15) is 18.0 Å². The van der Waals surface area contributed by atoms with Crippen molar-refractivity contribution in [3.05, 3.63) is 29.8 Å². The van der Waals surface area contributed by atoms with E-state index in [-0.39, 0.29) is 23.9 Å². The number of rotatable bonds is 6. The molecule has 0 aliphatic heterocycles. The first kappa shape index (κ1) is 15.5. The molecule has 0 heterocycles. The second-order valence-electron chi connectivity index (χ2n) is 4.35. The lowest BCUT2D eigenvalue weighted by molar-refractivity contribution is -0.274. The Bertz CT molecular complexity index is 406. The number of Topliss-reactive ketones (excluding diaryl/α,β-unsaturated/α-hetero) is 1. The molecule has 0 aromatic heterocycles. The zero-order chi connectivity index (χ0) is 14.5. The molecule has 1 aromatic rings. The zero-order valence-electron chi connectivity index (χ0n) is 11.0. The van der Waals surface area contributed by atoms with Gasteiger partial charge in [-0.1, -0.05) is 26.0 Å². The largest absolute Gasteiger partial charge is 0.573 e. The highest BCUT2D eigenvalue weighted by atomic mass is 19.4. The summed E-state index contributed by atoms with van der Waals surface area (Å²) in [6.45, 7) is 3.90. The average Bonchev–Trinajstić information content (AvgIpc) is 2.31. The molecule has 0 aliphatic carbocycles. The number of ether oxygens (including phenoxy) is 1. The number of ketones is 1. The Balaban J connectivity index is 2.64. The van der Waals surface area contributed by atoms with Gasteiger partial charge in [-0.2, -0.15) is 0 Å². The molecular formula is C14H17F3O2. The summed E-state index contributed by atoms with van der Waals surface area (Å²) in [4.78, 5) is 11.9. The number of halogens is 3. The SMILES string of the molecule is CCC(CC)C(=O)Cc1ccc(OC(F)(F)F)cc1. The van der Waals surface area contributed by atoms with Gasteiger partial charge < -0.3 is 4.74 Å². The van der Waals surface area contributed by atoms with Crippen molar-refractivity contribution in [3.63, 3.8) is 0 Å². The molecule has 2 nitrogen and oxygen atoms in total. The van der Waals surface area contributed by atoms with Crippen LogP contribution in [0.2, 0.25) is 0 Å². The maximum Gasteiger partial charge on any atom is 0.573 e. The molecule has 0 saturated heterocycles. The Hall–Kier alpha value is -1.52. The van der Waals surface area contributed by atoms with Crippen molar-refractivity contribution >= 4 is 5.78 Å². The average molecular weight is 274 g/mol. The van der Waals surface area contributed by atoms with Crippen LogP contribution in [0.15, 0.2) is 24.3 Å². The van der Waals surface area contributed by atoms with Crippen LogP contribution in [-0.4, -0.2) is 12.1 Å². The topological polar surface area (TPSA) is 26.3 Å². The van der Waals surface area contributed by atoms with Crippen LogP contribution in [0.25, 0.3) is 0 Å². The fourth-order valence-electron chi connectivity index (χ4n) is 1.90. The molecule has 0 aliphatic rings. The van der Waals surface area contributed by atoms with Crippen LogP contribution in [0, 0.1) is 5.92 Å². The van der Waals surface area contributed by atoms with Gasteiger partial charge in [0.2, 0.25) is 0 Å². The Kier molecular flexibility index (Phi) is 5.39. The molecule has 0 N–H and O–H groups in total. The zero-order valence-corrected chi connectivity index (χ0v) is 11.0. The van der Waals surface area contributed by atoms with Gasteiger partial charge in [-0.05, 0) is 30.5 Å². The van der Waals surface area contributed by atoms with Crippen molar-refractivity contribution in [2.45, 2.75) is 39.5 Å². The third kappa shape index (κ3) is 5.32. The van der Waals surface area contributed by atoms with Crippen molar-refractivity contribution in [1.82, 2.24) is 0 Å². The van der Waals surface area contributed by atoms with Crippen molar-refractivity contribution in [2.24, 2.45) is 5.92 Å². The van der Waals surface area contributed by atoms with Crippen LogP contribution in [0.5, 0.6) is 5.75 Å². The lowest BCUT2D eigenvalue weighted by Crippen LogP contribution is -2.17. The smallest absolute Gasteiger partial charge is 0.406 e. The number of carbonyl (C=O) groups is 1. The van der Waals surface area contributed by atoms with E-state index in [1.54, 1.807) is 0 Å². The van der Waals surface area contributed by atoms with Gasteiger partial charge in [0.15, 0.2) is 0 Å². The molecule has 0 amide bonds. The van der Waals surface area contributed by atoms with Gasteiger partial charge in [-0.25, -0.2) is 0 Å². The first-order valence-electron chi connectivity index (χ1n) is 6.23. The summed E-state index contributed by atoms with van der Waals surface area (Å²) in [5.74, 6) is -0.133. The van der Waals surface area contributed by atoms with E-state index in [0.717, 1.165) is 12.8 Å². The van der Waals surface area contributed by atoms with Crippen LogP contribution in [0.1, 0.15) is 32.3 Å². The summed E-state index contributed by atoms with van der Waals surface area (Å²) in [5.41, 5.74) is 0.700. The molecule has 0 atom stereocenters. The van der Waals surface area contributed by atoms with Gasteiger partial charge in [0, 0.05) is 12.3 Å². The maximum absolute atomic E-state index is 12.0. The van der Waals surface area contributed by atoms with Gasteiger partial charge in [-0.15, -0.1) is 13.2 Å². The minimum absolute atomic E-state index is 0.0195. The fourth-order valence-corrected chi connectivity index (χ4v) is 1.90. The minimum Gasteiger partial charge on any atom is -0.406 e. The quantitative estimate of drug-likeness (QED) is 0.779. The van der Waals surface area contributed by atoms with E-state index in [1.165, 1.54) is 24.3 Å². The Morgan fingerprint density at radius 1 is 1.16 bits per heavy atom. The molecular weight excluding hydrogens is 257 g/mol. The Labute approximate surface area is 110 Å². The normalized spacial score (nSPS) is 11.7. The van der Waals surface area contributed by atoms with E-state index < -0.39 is 6.36 Å². The predicted molar refractivity (Wildman–Crippen MR) is 65.9 cm³/mol. The lowest BCUT2D eigenvalue weighted by atomic mass is 9.93. The van der Waals surface area contributed by atoms with Crippen LogP contribution >= 0.6 is 0 Å². The summed E-state index contributed by atoms with van der Waals surface area (Å²) in [7, 11) is 0. The van der Waals surface area contributed by atoms with Crippen LogP contribution < -0.4 is 4.74 Å². The summed E-state index contributed by atoms with van der Waals surface area (Å²) >= 11 is 0. The number of benzene rings is 1. The first-order valence-corrected chi connectivity index (χ1v) is 6.23. The van der Waals surface area contributed by atoms with Crippen molar-refractivity contribution in [3.8, 4) is 5.75 Å².